The van der Waals surface area contributed by atoms with Crippen molar-refractivity contribution in [2.75, 3.05) is 18.4 Å². The summed E-state index contributed by atoms with van der Waals surface area (Å²) >= 11 is 0. The molecule has 1 unspecified atom stereocenters. The number of aryl methyl sites for hydroxylation is 1. The van der Waals surface area contributed by atoms with Crippen LogP contribution in [0.1, 0.15) is 17.5 Å². The van der Waals surface area contributed by atoms with E-state index in [0.717, 1.165) is 31.7 Å². The Morgan fingerprint density at radius 1 is 1.26 bits per heavy atom. The fourth-order valence-electron chi connectivity index (χ4n) is 3.12. The summed E-state index contributed by atoms with van der Waals surface area (Å²) in [5.41, 5.74) is 3.16. The number of nitrogens with one attached hydrogen (secondary N) is 1. The van der Waals surface area contributed by atoms with E-state index in [2.05, 4.69) is 34.5 Å². The van der Waals surface area contributed by atoms with Crippen molar-refractivity contribution in [3.63, 3.8) is 0 Å². The van der Waals surface area contributed by atoms with Crippen molar-refractivity contribution in [2.45, 2.75) is 25.9 Å². The van der Waals surface area contributed by atoms with Gasteiger partial charge in [-0.05, 0) is 31.0 Å². The Kier molecular flexibility index (Phi) is 4.57. The number of nitro benzene ring substituents is 1. The maximum atomic E-state index is 10.9. The van der Waals surface area contributed by atoms with E-state index in [1.165, 1.54) is 5.56 Å². The third-order valence-electron chi connectivity index (χ3n) is 4.29. The molecule has 0 bridgehead atoms. The fraction of sp³-hybridized carbons (Fsp3) is 0.333. The lowest BCUT2D eigenvalue weighted by Gasteiger charge is -2.17. The zero-order valence-corrected chi connectivity index (χ0v) is 13.2. The first-order chi connectivity index (χ1) is 11.1. The lowest BCUT2D eigenvalue weighted by Crippen LogP contribution is -2.26. The van der Waals surface area contributed by atoms with Gasteiger partial charge in [0.15, 0.2) is 0 Å². The van der Waals surface area contributed by atoms with E-state index in [9.17, 15) is 10.1 Å². The minimum absolute atomic E-state index is 0.174. The quantitative estimate of drug-likeness (QED) is 0.677. The van der Waals surface area contributed by atoms with Crippen LogP contribution in [0, 0.1) is 17.0 Å². The highest BCUT2D eigenvalue weighted by atomic mass is 16.6. The van der Waals surface area contributed by atoms with E-state index in [0.29, 0.717) is 11.6 Å². The van der Waals surface area contributed by atoms with Gasteiger partial charge in [-0.25, -0.2) is 0 Å². The number of nitro groups is 1. The second-order valence-electron chi connectivity index (χ2n) is 6.11. The summed E-state index contributed by atoms with van der Waals surface area (Å²) in [6.45, 7) is 4.81. The molecular formula is C18H21N3O2. The van der Waals surface area contributed by atoms with Crippen LogP contribution < -0.4 is 5.32 Å². The Morgan fingerprint density at radius 3 is 2.74 bits per heavy atom. The molecule has 2 aromatic rings. The van der Waals surface area contributed by atoms with Crippen molar-refractivity contribution in [3.8, 4) is 0 Å². The second kappa shape index (κ2) is 6.79. The van der Waals surface area contributed by atoms with Gasteiger partial charge in [-0.15, -0.1) is 0 Å². The van der Waals surface area contributed by atoms with Crippen LogP contribution in [0.3, 0.4) is 0 Å². The van der Waals surface area contributed by atoms with Gasteiger partial charge >= 0.3 is 0 Å². The van der Waals surface area contributed by atoms with Crippen molar-refractivity contribution in [2.24, 2.45) is 0 Å². The molecule has 2 aromatic carbocycles. The predicted octanol–water partition coefficient (Wildman–Crippen LogP) is 3.59. The van der Waals surface area contributed by atoms with E-state index in [4.69, 9.17) is 0 Å². The summed E-state index contributed by atoms with van der Waals surface area (Å²) in [5.74, 6) is 0. The third kappa shape index (κ3) is 3.87. The zero-order valence-electron chi connectivity index (χ0n) is 13.2. The van der Waals surface area contributed by atoms with Gasteiger partial charge in [0.05, 0.1) is 4.92 Å². The molecule has 1 fully saturated rings. The highest BCUT2D eigenvalue weighted by Crippen LogP contribution is 2.24. The molecule has 1 saturated heterocycles. The Hall–Kier alpha value is -2.40. The summed E-state index contributed by atoms with van der Waals surface area (Å²) < 4.78 is 0. The largest absolute Gasteiger partial charge is 0.381 e. The molecule has 5 nitrogen and oxygen atoms in total. The van der Waals surface area contributed by atoms with Crippen LogP contribution in [0.25, 0.3) is 0 Å². The molecule has 1 N–H and O–H groups in total. The van der Waals surface area contributed by atoms with Crippen LogP contribution in [-0.4, -0.2) is 29.0 Å². The maximum absolute atomic E-state index is 10.9. The van der Waals surface area contributed by atoms with Crippen molar-refractivity contribution in [1.82, 2.24) is 4.90 Å². The van der Waals surface area contributed by atoms with Crippen molar-refractivity contribution >= 4 is 11.4 Å². The van der Waals surface area contributed by atoms with E-state index < -0.39 is 0 Å². The van der Waals surface area contributed by atoms with Crippen LogP contribution in [0.15, 0.2) is 48.5 Å². The molecule has 1 heterocycles. The monoisotopic (exact) mass is 311 g/mol. The number of anilines is 1. The van der Waals surface area contributed by atoms with Gasteiger partial charge in [0.2, 0.25) is 0 Å². The standard InChI is InChI=1S/C18H21N3O2/c1-14-11-16(7-8-18(14)21(22)23)19-17-9-10-20(13-17)12-15-5-3-2-4-6-15/h2-8,11,17,19H,9-10,12-13H2,1H3. The molecule has 0 aromatic heterocycles. The van der Waals surface area contributed by atoms with Gasteiger partial charge < -0.3 is 5.32 Å². The van der Waals surface area contributed by atoms with E-state index in [-0.39, 0.29) is 10.6 Å². The second-order valence-corrected chi connectivity index (χ2v) is 6.11. The number of likely N-dealkylation sites (tertiary alicyclic amines) is 1. The van der Waals surface area contributed by atoms with Gasteiger partial charge in [-0.1, -0.05) is 30.3 Å². The number of benzene rings is 2. The smallest absolute Gasteiger partial charge is 0.272 e. The van der Waals surface area contributed by atoms with Gasteiger partial charge in [-0.3, -0.25) is 15.0 Å². The molecule has 5 heteroatoms. The van der Waals surface area contributed by atoms with Gasteiger partial charge in [0.1, 0.15) is 0 Å². The molecular weight excluding hydrogens is 290 g/mol. The Bertz CT molecular complexity index is 688. The van der Waals surface area contributed by atoms with Crippen molar-refractivity contribution in [1.29, 1.82) is 0 Å². The van der Waals surface area contributed by atoms with Gasteiger partial charge in [0.25, 0.3) is 5.69 Å². The number of hydrogen-bond donors (Lipinski definition) is 1. The van der Waals surface area contributed by atoms with Gasteiger partial charge in [-0.2, -0.15) is 0 Å². The lowest BCUT2D eigenvalue weighted by atomic mass is 10.1. The number of nitrogens with zero attached hydrogens (tertiary/aromatic N) is 2. The lowest BCUT2D eigenvalue weighted by molar-refractivity contribution is -0.385. The third-order valence-corrected chi connectivity index (χ3v) is 4.29. The number of hydrogen-bond acceptors (Lipinski definition) is 4. The van der Waals surface area contributed by atoms with Crippen LogP contribution in [0.5, 0.6) is 0 Å². The molecule has 1 aliphatic heterocycles. The summed E-state index contributed by atoms with van der Waals surface area (Å²) in [4.78, 5) is 13.0. The molecule has 0 saturated carbocycles. The first kappa shape index (κ1) is 15.5. The zero-order chi connectivity index (χ0) is 16.2. The van der Waals surface area contributed by atoms with Crippen molar-refractivity contribution in [3.05, 3.63) is 69.8 Å². The average Bonchev–Trinajstić information content (AvgIpc) is 2.95. The van der Waals surface area contributed by atoms with Crippen LogP contribution >= 0.6 is 0 Å². The first-order valence-corrected chi connectivity index (χ1v) is 7.89. The molecule has 3 rings (SSSR count). The van der Waals surface area contributed by atoms with Crippen molar-refractivity contribution < 1.29 is 4.92 Å². The molecule has 0 radical (unpaired) electrons. The van der Waals surface area contributed by atoms with E-state index in [1.807, 2.05) is 12.1 Å². The molecule has 0 spiro atoms. The average molecular weight is 311 g/mol. The molecule has 1 aliphatic rings. The van der Waals surface area contributed by atoms with Crippen LogP contribution in [0.4, 0.5) is 11.4 Å². The van der Waals surface area contributed by atoms with Gasteiger partial charge in [0, 0.05) is 43.0 Å². The molecule has 0 amide bonds. The SMILES string of the molecule is Cc1cc(NC2CCN(Cc3ccccc3)C2)ccc1[N+](=O)[O-]. The molecule has 120 valence electrons. The first-order valence-electron chi connectivity index (χ1n) is 7.89. The fourth-order valence-corrected chi connectivity index (χ4v) is 3.12. The highest BCUT2D eigenvalue weighted by Gasteiger charge is 2.22. The summed E-state index contributed by atoms with van der Waals surface area (Å²) in [6, 6.07) is 16.1. The molecule has 1 atom stereocenters. The Morgan fingerprint density at radius 2 is 2.04 bits per heavy atom. The number of rotatable bonds is 5. The van der Waals surface area contributed by atoms with E-state index in [1.54, 1.807) is 19.1 Å². The van der Waals surface area contributed by atoms with Crippen LogP contribution in [-0.2, 0) is 6.54 Å². The topological polar surface area (TPSA) is 58.4 Å². The maximum Gasteiger partial charge on any atom is 0.272 e. The summed E-state index contributed by atoms with van der Waals surface area (Å²) in [7, 11) is 0. The summed E-state index contributed by atoms with van der Waals surface area (Å²) in [6.07, 6.45) is 1.09. The minimum Gasteiger partial charge on any atom is -0.381 e. The normalized spacial score (nSPS) is 18.0. The Labute approximate surface area is 136 Å². The Balaban J connectivity index is 1.58. The predicted molar refractivity (Wildman–Crippen MR) is 91.6 cm³/mol. The minimum atomic E-state index is -0.337. The summed E-state index contributed by atoms with van der Waals surface area (Å²) in [5, 5.41) is 14.4. The molecule has 0 aliphatic carbocycles. The van der Waals surface area contributed by atoms with E-state index >= 15 is 0 Å². The highest BCUT2D eigenvalue weighted by molar-refractivity contribution is 5.54. The van der Waals surface area contributed by atoms with Crippen LogP contribution in [0.2, 0.25) is 0 Å². The molecule has 23 heavy (non-hydrogen) atoms.